The summed E-state index contributed by atoms with van der Waals surface area (Å²) in [5, 5.41) is 2.83. The molecule has 1 unspecified atom stereocenters. The van der Waals surface area contributed by atoms with E-state index in [4.69, 9.17) is 9.72 Å². The molecule has 1 atom stereocenters. The highest BCUT2D eigenvalue weighted by Gasteiger charge is 2.34. The number of carbonyl (C=O) groups excluding carboxylic acids is 1. The van der Waals surface area contributed by atoms with E-state index in [1.807, 2.05) is 13.0 Å². The molecule has 3 heterocycles. The lowest BCUT2D eigenvalue weighted by Crippen LogP contribution is -2.45. The van der Waals surface area contributed by atoms with E-state index in [0.717, 1.165) is 43.9 Å². The summed E-state index contributed by atoms with van der Waals surface area (Å²) in [7, 11) is -3.71. The van der Waals surface area contributed by atoms with E-state index in [0.29, 0.717) is 37.4 Å². The first-order valence-electron chi connectivity index (χ1n) is 12.5. The van der Waals surface area contributed by atoms with Crippen molar-refractivity contribution in [1.82, 2.24) is 19.2 Å². The summed E-state index contributed by atoms with van der Waals surface area (Å²) in [5.74, 6) is 1.12. The first-order chi connectivity index (χ1) is 16.1. The lowest BCUT2D eigenvalue weighted by molar-refractivity contribution is -0.125. The Labute approximate surface area is 203 Å². The molecule has 9 heteroatoms. The second kappa shape index (κ2) is 9.95. The topological polar surface area (TPSA) is 93.5 Å². The predicted molar refractivity (Wildman–Crippen MR) is 132 cm³/mol. The monoisotopic (exact) mass is 490 g/mol. The van der Waals surface area contributed by atoms with Crippen LogP contribution in [0.15, 0.2) is 23.1 Å². The van der Waals surface area contributed by atoms with Gasteiger partial charge in [0.05, 0.1) is 21.8 Å². The van der Waals surface area contributed by atoms with Gasteiger partial charge in [0, 0.05) is 44.8 Å². The van der Waals surface area contributed by atoms with Crippen LogP contribution < -0.4 is 5.32 Å². The van der Waals surface area contributed by atoms with Crippen LogP contribution in [0.2, 0.25) is 0 Å². The Morgan fingerprint density at radius 3 is 2.62 bits per heavy atom. The Balaban J connectivity index is 1.65. The molecular formula is C25H38N4O4S. The van der Waals surface area contributed by atoms with Gasteiger partial charge in [-0.1, -0.05) is 20.8 Å². The van der Waals surface area contributed by atoms with Crippen molar-refractivity contribution in [3.05, 3.63) is 24.0 Å². The number of nitrogens with zero attached hydrogens (tertiary/aromatic N) is 3. The largest absolute Gasteiger partial charge is 0.381 e. The molecule has 0 radical (unpaired) electrons. The number of ether oxygens (including phenoxy) is 1. The summed E-state index contributed by atoms with van der Waals surface area (Å²) in [6, 6.07) is 5.30. The number of benzene rings is 1. The van der Waals surface area contributed by atoms with Gasteiger partial charge >= 0.3 is 0 Å². The molecule has 4 rings (SSSR count). The molecule has 1 aromatic carbocycles. The van der Waals surface area contributed by atoms with Crippen LogP contribution in [0, 0.1) is 11.8 Å². The highest BCUT2D eigenvalue weighted by Crippen LogP contribution is 2.31. The van der Waals surface area contributed by atoms with Crippen LogP contribution in [-0.4, -0.2) is 61.0 Å². The molecule has 2 fully saturated rings. The standard InChI is InChI=1S/C25H38N4O4S/c1-5-26-23(30)19-7-6-12-28(17-19)34(31,32)20-8-9-22-21(15-20)27-24(25(2,3)4)29(22)16-18-10-13-33-14-11-18/h8-9,15,18-19H,5-7,10-14,16-17H2,1-4H3,(H,26,30). The fraction of sp³-hybridized carbons (Fsp3) is 0.680. The Kier molecular flexibility index (Phi) is 7.36. The normalized spacial score (nSPS) is 21.1. The number of aromatic nitrogens is 2. The number of fused-ring (bicyclic) bond motifs is 1. The van der Waals surface area contributed by atoms with Gasteiger partial charge in [0.25, 0.3) is 0 Å². The summed E-state index contributed by atoms with van der Waals surface area (Å²) < 4.78 is 36.3. The van der Waals surface area contributed by atoms with E-state index in [1.165, 1.54) is 4.31 Å². The molecule has 1 N–H and O–H groups in total. The molecule has 188 valence electrons. The molecule has 0 spiro atoms. The van der Waals surface area contributed by atoms with Crippen LogP contribution in [0.4, 0.5) is 0 Å². The van der Waals surface area contributed by atoms with Crippen molar-refractivity contribution in [2.24, 2.45) is 11.8 Å². The van der Waals surface area contributed by atoms with Crippen LogP contribution in [0.5, 0.6) is 0 Å². The molecule has 2 aliphatic heterocycles. The smallest absolute Gasteiger partial charge is 0.243 e. The van der Waals surface area contributed by atoms with E-state index in [1.54, 1.807) is 12.1 Å². The third kappa shape index (κ3) is 5.16. The molecule has 2 aromatic rings. The molecule has 1 amide bonds. The van der Waals surface area contributed by atoms with Crippen molar-refractivity contribution < 1.29 is 17.9 Å². The number of rotatable bonds is 6. The third-order valence-electron chi connectivity index (χ3n) is 6.92. The maximum absolute atomic E-state index is 13.5. The molecule has 2 saturated heterocycles. The summed E-state index contributed by atoms with van der Waals surface area (Å²) in [5.41, 5.74) is 1.50. The lowest BCUT2D eigenvalue weighted by Gasteiger charge is -2.31. The summed E-state index contributed by atoms with van der Waals surface area (Å²) >= 11 is 0. The van der Waals surface area contributed by atoms with Crippen LogP contribution in [0.3, 0.4) is 0 Å². The SMILES string of the molecule is CCNC(=O)C1CCCN(S(=O)(=O)c2ccc3c(c2)nc(C(C)(C)C)n3CC2CCOCC2)C1. The van der Waals surface area contributed by atoms with Gasteiger partial charge in [-0.2, -0.15) is 4.31 Å². The minimum absolute atomic E-state index is 0.0699. The fourth-order valence-electron chi connectivity index (χ4n) is 5.06. The Morgan fingerprint density at radius 1 is 1.21 bits per heavy atom. The van der Waals surface area contributed by atoms with E-state index >= 15 is 0 Å². The number of piperidine rings is 1. The fourth-order valence-corrected chi connectivity index (χ4v) is 6.60. The van der Waals surface area contributed by atoms with E-state index in [-0.39, 0.29) is 28.7 Å². The van der Waals surface area contributed by atoms with Gasteiger partial charge < -0.3 is 14.6 Å². The van der Waals surface area contributed by atoms with Gasteiger partial charge in [-0.05, 0) is 56.7 Å². The summed E-state index contributed by atoms with van der Waals surface area (Å²) in [6.07, 6.45) is 3.44. The average Bonchev–Trinajstić information content (AvgIpc) is 3.18. The molecule has 1 aromatic heterocycles. The first-order valence-corrected chi connectivity index (χ1v) is 13.9. The van der Waals surface area contributed by atoms with Crippen LogP contribution in [0.1, 0.15) is 59.2 Å². The van der Waals surface area contributed by atoms with E-state index in [9.17, 15) is 13.2 Å². The zero-order chi connectivity index (χ0) is 24.5. The van der Waals surface area contributed by atoms with Crippen LogP contribution >= 0.6 is 0 Å². The third-order valence-corrected chi connectivity index (χ3v) is 8.78. The van der Waals surface area contributed by atoms with Crippen molar-refractivity contribution >= 4 is 27.0 Å². The highest BCUT2D eigenvalue weighted by molar-refractivity contribution is 7.89. The number of imidazole rings is 1. The van der Waals surface area contributed by atoms with Gasteiger partial charge in [0.2, 0.25) is 15.9 Å². The lowest BCUT2D eigenvalue weighted by atomic mass is 9.94. The Bertz CT molecular complexity index is 1130. The Morgan fingerprint density at radius 2 is 1.94 bits per heavy atom. The second-order valence-corrected chi connectivity index (χ2v) is 12.5. The van der Waals surface area contributed by atoms with Crippen molar-refractivity contribution in [3.63, 3.8) is 0 Å². The van der Waals surface area contributed by atoms with Gasteiger partial charge in [0.1, 0.15) is 5.82 Å². The number of amides is 1. The minimum atomic E-state index is -3.71. The maximum Gasteiger partial charge on any atom is 0.243 e. The van der Waals surface area contributed by atoms with E-state index < -0.39 is 10.0 Å². The summed E-state index contributed by atoms with van der Waals surface area (Å²) in [6.45, 7) is 11.9. The summed E-state index contributed by atoms with van der Waals surface area (Å²) in [4.78, 5) is 17.5. The number of hydrogen-bond donors (Lipinski definition) is 1. The molecule has 0 bridgehead atoms. The molecule has 0 aliphatic carbocycles. The van der Waals surface area contributed by atoms with E-state index in [2.05, 4.69) is 30.7 Å². The van der Waals surface area contributed by atoms with Crippen molar-refractivity contribution in [3.8, 4) is 0 Å². The number of hydrogen-bond acceptors (Lipinski definition) is 5. The maximum atomic E-state index is 13.5. The molecule has 2 aliphatic rings. The van der Waals surface area contributed by atoms with Gasteiger partial charge in [0.15, 0.2) is 0 Å². The second-order valence-electron chi connectivity index (χ2n) is 10.6. The number of sulfonamides is 1. The molecule has 34 heavy (non-hydrogen) atoms. The molecule has 8 nitrogen and oxygen atoms in total. The Hall–Kier alpha value is -1.97. The van der Waals surface area contributed by atoms with Gasteiger partial charge in [-0.3, -0.25) is 4.79 Å². The van der Waals surface area contributed by atoms with Gasteiger partial charge in [-0.25, -0.2) is 13.4 Å². The van der Waals surface area contributed by atoms with Crippen molar-refractivity contribution in [2.75, 3.05) is 32.8 Å². The van der Waals surface area contributed by atoms with Crippen molar-refractivity contribution in [1.29, 1.82) is 0 Å². The predicted octanol–water partition coefficient (Wildman–Crippen LogP) is 3.30. The molecular weight excluding hydrogens is 452 g/mol. The number of nitrogens with one attached hydrogen (secondary N) is 1. The first kappa shape index (κ1) is 25.1. The zero-order valence-corrected chi connectivity index (χ0v) is 21.7. The molecule has 0 saturated carbocycles. The van der Waals surface area contributed by atoms with Gasteiger partial charge in [-0.15, -0.1) is 0 Å². The highest BCUT2D eigenvalue weighted by atomic mass is 32.2. The number of carbonyl (C=O) groups is 1. The van der Waals surface area contributed by atoms with Crippen LogP contribution in [0.25, 0.3) is 11.0 Å². The van der Waals surface area contributed by atoms with Crippen LogP contribution in [-0.2, 0) is 31.5 Å². The van der Waals surface area contributed by atoms with Crippen molar-refractivity contribution in [2.45, 2.75) is 70.2 Å². The minimum Gasteiger partial charge on any atom is -0.381 e. The average molecular weight is 491 g/mol. The zero-order valence-electron chi connectivity index (χ0n) is 20.8. The quantitative estimate of drug-likeness (QED) is 0.671.